The third-order valence-corrected chi connectivity index (χ3v) is 4.79. The molecule has 1 aliphatic rings. The van der Waals surface area contributed by atoms with Gasteiger partial charge in [0.25, 0.3) is 5.56 Å². The van der Waals surface area contributed by atoms with E-state index in [2.05, 4.69) is 11.9 Å². The summed E-state index contributed by atoms with van der Waals surface area (Å²) in [6.45, 7) is 3.32. The highest BCUT2D eigenvalue weighted by Crippen LogP contribution is 2.28. The average Bonchev–Trinajstić information content (AvgIpc) is 3.10. The first-order valence-electron chi connectivity index (χ1n) is 9.28. The second-order valence-corrected chi connectivity index (χ2v) is 6.77. The molecule has 0 amide bonds. The van der Waals surface area contributed by atoms with Crippen molar-refractivity contribution >= 4 is 28.5 Å². The average molecular weight is 376 g/mol. The van der Waals surface area contributed by atoms with Gasteiger partial charge in [-0.2, -0.15) is 0 Å². The zero-order valence-corrected chi connectivity index (χ0v) is 15.5. The van der Waals surface area contributed by atoms with Crippen molar-refractivity contribution in [1.29, 1.82) is 0 Å². The summed E-state index contributed by atoms with van der Waals surface area (Å²) in [5.74, 6) is 0.397. The van der Waals surface area contributed by atoms with Crippen LogP contribution in [0.3, 0.4) is 0 Å². The molecule has 0 fully saturated rings. The maximum atomic E-state index is 12.8. The van der Waals surface area contributed by atoms with Crippen molar-refractivity contribution in [1.82, 2.24) is 9.55 Å². The van der Waals surface area contributed by atoms with Gasteiger partial charge in [-0.1, -0.05) is 19.1 Å². The molecular formula is C22H20N2O4. The number of carboxylic acid groups (broad SMARTS) is 1. The molecule has 1 N–H and O–H groups in total. The summed E-state index contributed by atoms with van der Waals surface area (Å²) in [5.41, 5.74) is 2.36. The lowest BCUT2D eigenvalue weighted by Gasteiger charge is -2.07. The van der Waals surface area contributed by atoms with E-state index in [1.54, 1.807) is 4.57 Å². The number of ether oxygens (including phenoxy) is 1. The van der Waals surface area contributed by atoms with Crippen LogP contribution in [0.4, 0.5) is 0 Å². The lowest BCUT2D eigenvalue weighted by atomic mass is 10.1. The van der Waals surface area contributed by atoms with Gasteiger partial charge >= 0.3 is 5.97 Å². The third kappa shape index (κ3) is 3.29. The topological polar surface area (TPSA) is 81.4 Å². The van der Waals surface area contributed by atoms with Crippen molar-refractivity contribution in [2.45, 2.75) is 26.3 Å². The fraction of sp³-hybridized carbons (Fsp3) is 0.227. The highest BCUT2D eigenvalue weighted by atomic mass is 16.5. The molecule has 0 radical (unpaired) electrons. The van der Waals surface area contributed by atoms with E-state index >= 15 is 0 Å². The molecule has 1 aliphatic heterocycles. The Balaban J connectivity index is 1.73. The summed E-state index contributed by atoms with van der Waals surface area (Å²) in [6, 6.07) is 12.2. The predicted octanol–water partition coefficient (Wildman–Crippen LogP) is 3.83. The van der Waals surface area contributed by atoms with E-state index in [-0.39, 0.29) is 11.1 Å². The molecule has 2 heterocycles. The Kier molecular flexibility index (Phi) is 4.69. The molecule has 28 heavy (non-hydrogen) atoms. The number of fused-ring (bicyclic) bond motifs is 2. The Morgan fingerprint density at radius 3 is 2.75 bits per heavy atom. The van der Waals surface area contributed by atoms with Crippen LogP contribution in [0.1, 0.15) is 41.5 Å². The number of aromatic carboxylic acids is 1. The van der Waals surface area contributed by atoms with E-state index < -0.39 is 5.97 Å². The van der Waals surface area contributed by atoms with E-state index in [9.17, 15) is 14.7 Å². The number of hydrogen-bond acceptors (Lipinski definition) is 4. The maximum absolute atomic E-state index is 12.8. The first kappa shape index (κ1) is 18.0. The van der Waals surface area contributed by atoms with E-state index in [1.165, 1.54) is 18.2 Å². The molecule has 0 spiro atoms. The second kappa shape index (κ2) is 7.31. The minimum absolute atomic E-state index is 0.121. The van der Waals surface area contributed by atoms with E-state index in [0.717, 1.165) is 23.3 Å². The molecule has 2 aromatic carbocycles. The number of aromatic nitrogens is 2. The lowest BCUT2D eigenvalue weighted by Crippen LogP contribution is -2.20. The van der Waals surface area contributed by atoms with Crippen LogP contribution in [0.2, 0.25) is 0 Å². The van der Waals surface area contributed by atoms with Crippen molar-refractivity contribution in [2.24, 2.45) is 0 Å². The standard InChI is InChI=1S/C22H20N2O4/c1-2-11-28-17-6-3-14(4-7-17)12-15-9-10-24-20(15)23-19-13-16(22(26)27)5-8-18(19)21(24)25/h3-8,12-13H,2,9-11H2,1H3,(H,26,27)/b15-12+. The summed E-state index contributed by atoms with van der Waals surface area (Å²) in [4.78, 5) is 28.6. The highest BCUT2D eigenvalue weighted by Gasteiger charge is 2.21. The van der Waals surface area contributed by atoms with Crippen LogP contribution in [0.15, 0.2) is 47.3 Å². The molecule has 6 nitrogen and oxygen atoms in total. The molecule has 1 aromatic heterocycles. The Morgan fingerprint density at radius 1 is 1.25 bits per heavy atom. The van der Waals surface area contributed by atoms with E-state index in [0.29, 0.717) is 36.3 Å². The summed E-state index contributed by atoms with van der Waals surface area (Å²) in [7, 11) is 0. The van der Waals surface area contributed by atoms with Crippen LogP contribution < -0.4 is 10.3 Å². The fourth-order valence-corrected chi connectivity index (χ4v) is 3.37. The van der Waals surface area contributed by atoms with E-state index in [4.69, 9.17) is 4.74 Å². The number of nitrogens with zero attached hydrogens (tertiary/aromatic N) is 2. The molecule has 142 valence electrons. The smallest absolute Gasteiger partial charge is 0.335 e. The third-order valence-electron chi connectivity index (χ3n) is 4.79. The van der Waals surface area contributed by atoms with Gasteiger partial charge < -0.3 is 9.84 Å². The highest BCUT2D eigenvalue weighted by molar-refractivity contribution is 5.93. The van der Waals surface area contributed by atoms with Crippen LogP contribution in [-0.4, -0.2) is 27.2 Å². The van der Waals surface area contributed by atoms with Gasteiger partial charge in [-0.15, -0.1) is 0 Å². The Bertz CT molecular complexity index is 1140. The number of carboxylic acids is 1. The first-order valence-corrected chi connectivity index (χ1v) is 9.28. The SMILES string of the molecule is CCCOc1ccc(/C=C2\CCn3c2nc2cc(C(=O)O)ccc2c3=O)cc1. The number of benzene rings is 2. The Hall–Kier alpha value is -3.41. The number of carbonyl (C=O) groups is 1. The fourth-order valence-electron chi connectivity index (χ4n) is 3.37. The molecule has 0 saturated carbocycles. The molecule has 0 saturated heterocycles. The van der Waals surface area contributed by atoms with Gasteiger partial charge in [-0.3, -0.25) is 9.36 Å². The summed E-state index contributed by atoms with van der Waals surface area (Å²) in [6.07, 6.45) is 3.68. The summed E-state index contributed by atoms with van der Waals surface area (Å²) in [5, 5.41) is 9.63. The van der Waals surface area contributed by atoms with Crippen LogP contribution in [0, 0.1) is 0 Å². The molecule has 0 atom stereocenters. The summed E-state index contributed by atoms with van der Waals surface area (Å²) < 4.78 is 7.26. The van der Waals surface area contributed by atoms with Crippen molar-refractivity contribution in [3.63, 3.8) is 0 Å². The second-order valence-electron chi connectivity index (χ2n) is 6.77. The van der Waals surface area contributed by atoms with Gasteiger partial charge in [0, 0.05) is 6.54 Å². The molecule has 3 aromatic rings. The van der Waals surface area contributed by atoms with Gasteiger partial charge in [0.2, 0.25) is 0 Å². The van der Waals surface area contributed by atoms with Gasteiger partial charge in [-0.25, -0.2) is 9.78 Å². The number of hydrogen-bond donors (Lipinski definition) is 1. The summed E-state index contributed by atoms with van der Waals surface area (Å²) >= 11 is 0. The number of allylic oxidation sites excluding steroid dienone is 1. The molecule has 0 bridgehead atoms. The molecule has 4 rings (SSSR count). The van der Waals surface area contributed by atoms with Gasteiger partial charge in [-0.05, 0) is 60.4 Å². The van der Waals surface area contributed by atoms with Crippen molar-refractivity contribution in [3.8, 4) is 5.75 Å². The quantitative estimate of drug-likeness (QED) is 0.732. The van der Waals surface area contributed by atoms with Crippen LogP contribution in [0.25, 0.3) is 22.6 Å². The maximum Gasteiger partial charge on any atom is 0.335 e. The first-order chi connectivity index (χ1) is 13.6. The normalized spacial score (nSPS) is 14.4. The van der Waals surface area contributed by atoms with Crippen LogP contribution in [0.5, 0.6) is 5.75 Å². The van der Waals surface area contributed by atoms with Gasteiger partial charge in [0.15, 0.2) is 0 Å². The monoisotopic (exact) mass is 376 g/mol. The lowest BCUT2D eigenvalue weighted by molar-refractivity contribution is 0.0697. The minimum Gasteiger partial charge on any atom is -0.494 e. The van der Waals surface area contributed by atoms with E-state index in [1.807, 2.05) is 30.3 Å². The molecule has 0 unspecified atom stereocenters. The van der Waals surface area contributed by atoms with Crippen molar-refractivity contribution < 1.29 is 14.6 Å². The van der Waals surface area contributed by atoms with Crippen LogP contribution in [-0.2, 0) is 6.54 Å². The molecule has 6 heteroatoms. The van der Waals surface area contributed by atoms with Gasteiger partial charge in [0.05, 0.1) is 23.1 Å². The Morgan fingerprint density at radius 2 is 2.04 bits per heavy atom. The zero-order chi connectivity index (χ0) is 19.7. The van der Waals surface area contributed by atoms with Crippen LogP contribution >= 0.6 is 0 Å². The predicted molar refractivity (Wildman–Crippen MR) is 108 cm³/mol. The zero-order valence-electron chi connectivity index (χ0n) is 15.5. The number of rotatable bonds is 5. The minimum atomic E-state index is -1.04. The Labute approximate surface area is 161 Å². The van der Waals surface area contributed by atoms with Crippen molar-refractivity contribution in [2.75, 3.05) is 6.61 Å². The molecule has 0 aliphatic carbocycles. The molecular weight excluding hydrogens is 356 g/mol. The largest absolute Gasteiger partial charge is 0.494 e. The van der Waals surface area contributed by atoms with Crippen molar-refractivity contribution in [3.05, 3.63) is 69.8 Å². The van der Waals surface area contributed by atoms with Gasteiger partial charge in [0.1, 0.15) is 11.6 Å².